The van der Waals surface area contributed by atoms with Gasteiger partial charge in [-0.3, -0.25) is 0 Å². The molecule has 0 aliphatic carbocycles. The third-order valence-electron chi connectivity index (χ3n) is 4.28. The summed E-state index contributed by atoms with van der Waals surface area (Å²) in [4.78, 5) is 21.5. The van der Waals surface area contributed by atoms with Gasteiger partial charge in [-0.2, -0.15) is 0 Å². The predicted octanol–water partition coefficient (Wildman–Crippen LogP) is 3.23. The highest BCUT2D eigenvalue weighted by molar-refractivity contribution is 6.30. The molecule has 0 aliphatic heterocycles. The minimum Gasteiger partial charge on any atom is -0.473 e. The number of hydrogen-bond acceptors (Lipinski definition) is 4. The molecule has 3 rings (SSSR count). The van der Waals surface area contributed by atoms with Gasteiger partial charge in [0, 0.05) is 34.7 Å². The van der Waals surface area contributed by atoms with E-state index >= 15 is 0 Å². The molecule has 0 aliphatic rings. The van der Waals surface area contributed by atoms with Gasteiger partial charge in [0.1, 0.15) is 0 Å². The van der Waals surface area contributed by atoms with Crippen molar-refractivity contribution in [3.63, 3.8) is 0 Å². The van der Waals surface area contributed by atoms with Gasteiger partial charge in [-0.25, -0.2) is 9.59 Å². The monoisotopic (exact) mass is 418 g/mol. The Morgan fingerprint density at radius 1 is 1.10 bits per heavy atom. The number of aromatic amines is 1. The molecule has 0 fully saturated rings. The minimum absolute atomic E-state index is 0.267. The lowest BCUT2D eigenvalue weighted by molar-refractivity contribution is -0.159. The van der Waals surface area contributed by atoms with Gasteiger partial charge in [-0.1, -0.05) is 41.9 Å². The SMILES string of the molecule is C[C@H](Cc1c[nH]c2ccccc12)NC[C@@H](O)c1cccc(Cl)c1.O=C(O)C(=O)O. The van der Waals surface area contributed by atoms with Gasteiger partial charge in [-0.05, 0) is 42.7 Å². The fourth-order valence-corrected chi connectivity index (χ4v) is 3.05. The molecular formula is C21H23ClN2O5. The molecule has 0 unspecified atom stereocenters. The molecule has 0 bridgehead atoms. The summed E-state index contributed by atoms with van der Waals surface area (Å²) >= 11 is 5.97. The molecule has 0 saturated carbocycles. The molecule has 2 atom stereocenters. The van der Waals surface area contributed by atoms with Crippen molar-refractivity contribution >= 4 is 34.4 Å². The summed E-state index contributed by atoms with van der Waals surface area (Å²) in [7, 11) is 0. The van der Waals surface area contributed by atoms with Crippen molar-refractivity contribution in [2.24, 2.45) is 0 Å². The van der Waals surface area contributed by atoms with Gasteiger partial charge in [0.25, 0.3) is 0 Å². The summed E-state index contributed by atoms with van der Waals surface area (Å²) in [6.07, 6.45) is 2.42. The Hall–Kier alpha value is -2.87. The minimum atomic E-state index is -1.82. The standard InChI is InChI=1S/C19H21ClN2O.C2H2O4/c1-13(9-15-11-22-18-8-3-2-7-17(15)18)21-12-19(23)14-5-4-6-16(20)10-14;3-1(4)2(5)6/h2-8,10-11,13,19,21-23H,9,12H2,1H3;(H,3,4)(H,5,6)/t13-,19-;/m1./s1. The van der Waals surface area contributed by atoms with Gasteiger partial charge in [0.05, 0.1) is 6.10 Å². The van der Waals surface area contributed by atoms with E-state index in [1.807, 2.05) is 24.3 Å². The number of fused-ring (bicyclic) bond motifs is 1. The van der Waals surface area contributed by atoms with Crippen molar-refractivity contribution in [3.05, 3.63) is 70.9 Å². The van der Waals surface area contributed by atoms with Crippen LogP contribution in [0.25, 0.3) is 10.9 Å². The third-order valence-corrected chi connectivity index (χ3v) is 4.51. The third kappa shape index (κ3) is 6.90. The second-order valence-electron chi connectivity index (χ2n) is 6.55. The summed E-state index contributed by atoms with van der Waals surface area (Å²) in [5.74, 6) is -3.65. The van der Waals surface area contributed by atoms with Crippen LogP contribution in [0.4, 0.5) is 0 Å². The molecule has 0 radical (unpaired) electrons. The summed E-state index contributed by atoms with van der Waals surface area (Å²) in [5.41, 5.74) is 3.29. The first kappa shape index (κ1) is 22.4. The first-order valence-corrected chi connectivity index (χ1v) is 9.33. The number of aliphatic hydroxyl groups excluding tert-OH is 1. The van der Waals surface area contributed by atoms with E-state index in [1.165, 1.54) is 10.9 Å². The number of hydrogen-bond donors (Lipinski definition) is 5. The summed E-state index contributed by atoms with van der Waals surface area (Å²) in [5, 5.41) is 30.4. The lowest BCUT2D eigenvalue weighted by Crippen LogP contribution is -2.32. The van der Waals surface area contributed by atoms with Crippen LogP contribution in [-0.2, 0) is 16.0 Å². The molecule has 0 spiro atoms. The van der Waals surface area contributed by atoms with E-state index in [1.54, 1.807) is 6.07 Å². The lowest BCUT2D eigenvalue weighted by atomic mass is 10.1. The average molecular weight is 419 g/mol. The van der Waals surface area contributed by atoms with Crippen LogP contribution in [0, 0.1) is 0 Å². The molecule has 0 amide bonds. The Morgan fingerprint density at radius 2 is 1.79 bits per heavy atom. The number of aliphatic hydroxyl groups is 1. The lowest BCUT2D eigenvalue weighted by Gasteiger charge is -2.17. The summed E-state index contributed by atoms with van der Waals surface area (Å²) in [6.45, 7) is 2.64. The Bertz CT molecular complexity index is 960. The molecule has 5 N–H and O–H groups in total. The molecule has 1 heterocycles. The fourth-order valence-electron chi connectivity index (χ4n) is 2.85. The van der Waals surface area contributed by atoms with Gasteiger partial charge in [0.2, 0.25) is 0 Å². The Morgan fingerprint density at radius 3 is 2.45 bits per heavy atom. The maximum absolute atomic E-state index is 10.3. The second kappa shape index (κ2) is 10.6. The van der Waals surface area contributed by atoms with E-state index in [0.29, 0.717) is 11.6 Å². The van der Waals surface area contributed by atoms with E-state index in [9.17, 15) is 5.11 Å². The summed E-state index contributed by atoms with van der Waals surface area (Å²) < 4.78 is 0. The van der Waals surface area contributed by atoms with Crippen LogP contribution >= 0.6 is 11.6 Å². The molecule has 1 aromatic heterocycles. The molecular weight excluding hydrogens is 396 g/mol. The predicted molar refractivity (Wildman–Crippen MR) is 111 cm³/mol. The highest BCUT2D eigenvalue weighted by Gasteiger charge is 2.12. The van der Waals surface area contributed by atoms with Crippen LogP contribution < -0.4 is 5.32 Å². The molecule has 2 aromatic carbocycles. The van der Waals surface area contributed by atoms with Crippen LogP contribution in [0.5, 0.6) is 0 Å². The normalized spacial score (nSPS) is 12.7. The van der Waals surface area contributed by atoms with Gasteiger partial charge >= 0.3 is 11.9 Å². The second-order valence-corrected chi connectivity index (χ2v) is 6.99. The maximum atomic E-state index is 10.3. The van der Waals surface area contributed by atoms with Crippen molar-refractivity contribution < 1.29 is 24.9 Å². The number of benzene rings is 2. The van der Waals surface area contributed by atoms with Crippen molar-refractivity contribution in [3.8, 4) is 0 Å². The quantitative estimate of drug-likeness (QED) is 0.392. The number of aliphatic carboxylic acids is 2. The van der Waals surface area contributed by atoms with Crippen molar-refractivity contribution in [1.82, 2.24) is 10.3 Å². The number of para-hydroxylation sites is 1. The summed E-state index contributed by atoms with van der Waals surface area (Å²) in [6, 6.07) is 15.9. The number of halogens is 1. The fraction of sp³-hybridized carbons (Fsp3) is 0.238. The number of carboxylic acids is 2. The zero-order valence-electron chi connectivity index (χ0n) is 15.8. The molecule has 29 heavy (non-hydrogen) atoms. The zero-order chi connectivity index (χ0) is 21.4. The Balaban J connectivity index is 0.000000438. The number of aromatic nitrogens is 1. The number of rotatable bonds is 6. The van der Waals surface area contributed by atoms with E-state index in [2.05, 4.69) is 41.6 Å². The Labute approximate surface area is 172 Å². The highest BCUT2D eigenvalue weighted by Crippen LogP contribution is 2.20. The molecule has 0 saturated heterocycles. The average Bonchev–Trinajstić information content (AvgIpc) is 3.09. The number of nitrogens with one attached hydrogen (secondary N) is 2. The smallest absolute Gasteiger partial charge is 0.414 e. The largest absolute Gasteiger partial charge is 0.473 e. The number of carbonyl (C=O) groups is 2. The Kier molecular flexibility index (Phi) is 8.21. The van der Waals surface area contributed by atoms with E-state index in [0.717, 1.165) is 17.5 Å². The van der Waals surface area contributed by atoms with Crippen molar-refractivity contribution in [2.75, 3.05) is 6.54 Å². The zero-order valence-corrected chi connectivity index (χ0v) is 16.6. The maximum Gasteiger partial charge on any atom is 0.414 e. The molecule has 7 nitrogen and oxygen atoms in total. The van der Waals surface area contributed by atoms with E-state index in [-0.39, 0.29) is 6.04 Å². The van der Waals surface area contributed by atoms with Crippen molar-refractivity contribution in [1.29, 1.82) is 0 Å². The van der Waals surface area contributed by atoms with Crippen LogP contribution in [-0.4, -0.2) is 44.8 Å². The van der Waals surface area contributed by atoms with Gasteiger partial charge in [0.15, 0.2) is 0 Å². The van der Waals surface area contributed by atoms with Gasteiger partial charge in [-0.15, -0.1) is 0 Å². The first-order chi connectivity index (χ1) is 13.8. The van der Waals surface area contributed by atoms with E-state index in [4.69, 9.17) is 31.4 Å². The molecule has 3 aromatic rings. The highest BCUT2D eigenvalue weighted by atomic mass is 35.5. The number of H-pyrrole nitrogens is 1. The first-order valence-electron chi connectivity index (χ1n) is 8.96. The number of carboxylic acid groups (broad SMARTS) is 2. The topological polar surface area (TPSA) is 123 Å². The van der Waals surface area contributed by atoms with Crippen LogP contribution in [0.3, 0.4) is 0 Å². The van der Waals surface area contributed by atoms with Crippen LogP contribution in [0.2, 0.25) is 5.02 Å². The van der Waals surface area contributed by atoms with Crippen molar-refractivity contribution in [2.45, 2.75) is 25.5 Å². The van der Waals surface area contributed by atoms with Gasteiger partial charge < -0.3 is 25.6 Å². The van der Waals surface area contributed by atoms with Crippen LogP contribution in [0.15, 0.2) is 54.7 Å². The van der Waals surface area contributed by atoms with Crippen LogP contribution in [0.1, 0.15) is 24.2 Å². The molecule has 154 valence electrons. The molecule has 8 heteroatoms. The van der Waals surface area contributed by atoms with E-state index < -0.39 is 18.0 Å².